The molecular formula is C28H36N4O2. The van der Waals surface area contributed by atoms with Crippen molar-refractivity contribution >= 4 is 11.9 Å². The van der Waals surface area contributed by atoms with Crippen LogP contribution >= 0.6 is 0 Å². The number of benzene rings is 2. The highest BCUT2D eigenvalue weighted by Crippen LogP contribution is 2.41. The van der Waals surface area contributed by atoms with Gasteiger partial charge in [0.2, 0.25) is 5.91 Å². The van der Waals surface area contributed by atoms with E-state index in [2.05, 4.69) is 10.6 Å². The lowest BCUT2D eigenvalue weighted by atomic mass is 9.74. The van der Waals surface area contributed by atoms with E-state index in [0.717, 1.165) is 36.8 Å². The molecule has 0 radical (unpaired) electrons. The van der Waals surface area contributed by atoms with E-state index in [1.807, 2.05) is 66.7 Å². The number of rotatable bonds is 8. The van der Waals surface area contributed by atoms with Gasteiger partial charge in [0.05, 0.1) is 0 Å². The van der Waals surface area contributed by atoms with Gasteiger partial charge in [0, 0.05) is 19.1 Å². The third-order valence-corrected chi connectivity index (χ3v) is 7.00. The van der Waals surface area contributed by atoms with Crippen molar-refractivity contribution in [3.05, 3.63) is 83.7 Å². The average Bonchev–Trinajstić information content (AvgIpc) is 3.01. The number of nitrogens with zero attached hydrogens (tertiary/aromatic N) is 1. The van der Waals surface area contributed by atoms with Crippen molar-refractivity contribution in [3.63, 3.8) is 0 Å². The van der Waals surface area contributed by atoms with Crippen molar-refractivity contribution < 1.29 is 9.59 Å². The van der Waals surface area contributed by atoms with Crippen molar-refractivity contribution in [2.24, 2.45) is 5.73 Å². The standard InChI is InChI=1S/C28H36N4O2/c29-25-21-28(22-13-5-3-6-14-22,23-15-7-4-8-16-23)26(33)32(25)20-12-11-19-30-27(34)31-24-17-9-1-2-10-18-24/h3-8,13-16,21,24H,1-2,9-12,17-20,29H2,(H2,30,31,34). The Morgan fingerprint density at radius 3 is 2.09 bits per heavy atom. The van der Waals surface area contributed by atoms with Crippen molar-refractivity contribution in [1.29, 1.82) is 0 Å². The normalized spacial score (nSPS) is 18.3. The number of amides is 3. The summed E-state index contributed by atoms with van der Waals surface area (Å²) in [5.74, 6) is 0.457. The van der Waals surface area contributed by atoms with Gasteiger partial charge in [0.1, 0.15) is 11.2 Å². The summed E-state index contributed by atoms with van der Waals surface area (Å²) in [6.07, 6.45) is 10.5. The quantitative estimate of drug-likeness (QED) is 0.403. The van der Waals surface area contributed by atoms with Gasteiger partial charge in [-0.05, 0) is 42.9 Å². The van der Waals surface area contributed by atoms with Crippen LogP contribution in [0.15, 0.2) is 72.6 Å². The number of nitrogens with two attached hydrogens (primary N) is 1. The number of unbranched alkanes of at least 4 members (excludes halogenated alkanes) is 1. The Hall–Kier alpha value is -3.28. The predicted molar refractivity (Wildman–Crippen MR) is 135 cm³/mol. The molecule has 2 aromatic rings. The largest absolute Gasteiger partial charge is 0.385 e. The van der Waals surface area contributed by atoms with E-state index < -0.39 is 5.41 Å². The first-order chi connectivity index (χ1) is 16.6. The van der Waals surface area contributed by atoms with Gasteiger partial charge in [0.15, 0.2) is 0 Å². The topological polar surface area (TPSA) is 87.5 Å². The van der Waals surface area contributed by atoms with Gasteiger partial charge in [-0.2, -0.15) is 0 Å². The van der Waals surface area contributed by atoms with Crippen LogP contribution in [0.5, 0.6) is 0 Å². The highest BCUT2D eigenvalue weighted by molar-refractivity contribution is 5.98. The minimum Gasteiger partial charge on any atom is -0.385 e. The molecule has 2 aliphatic rings. The molecule has 1 heterocycles. The van der Waals surface area contributed by atoms with E-state index in [4.69, 9.17) is 5.73 Å². The zero-order valence-corrected chi connectivity index (χ0v) is 19.8. The average molecular weight is 461 g/mol. The Balaban J connectivity index is 1.33. The van der Waals surface area contributed by atoms with Crippen LogP contribution in [0.1, 0.15) is 62.5 Å². The molecule has 180 valence electrons. The van der Waals surface area contributed by atoms with Crippen LogP contribution in [0.4, 0.5) is 4.79 Å². The van der Waals surface area contributed by atoms with Gasteiger partial charge in [-0.25, -0.2) is 4.79 Å². The molecule has 1 fully saturated rings. The fraction of sp³-hybridized carbons (Fsp3) is 0.429. The van der Waals surface area contributed by atoms with Crippen LogP contribution in [-0.4, -0.2) is 36.0 Å². The van der Waals surface area contributed by atoms with Crippen LogP contribution < -0.4 is 16.4 Å². The number of urea groups is 1. The van der Waals surface area contributed by atoms with Crippen LogP contribution in [0.3, 0.4) is 0 Å². The van der Waals surface area contributed by atoms with Crippen molar-refractivity contribution in [1.82, 2.24) is 15.5 Å². The maximum atomic E-state index is 13.8. The van der Waals surface area contributed by atoms with Gasteiger partial charge in [-0.15, -0.1) is 0 Å². The van der Waals surface area contributed by atoms with Crippen LogP contribution in [0.2, 0.25) is 0 Å². The monoisotopic (exact) mass is 460 g/mol. The Bertz CT molecular complexity index is 942. The van der Waals surface area contributed by atoms with E-state index >= 15 is 0 Å². The second-order valence-corrected chi connectivity index (χ2v) is 9.36. The summed E-state index contributed by atoms with van der Waals surface area (Å²) in [5.41, 5.74) is 7.29. The minimum atomic E-state index is -0.913. The summed E-state index contributed by atoms with van der Waals surface area (Å²) in [5, 5.41) is 6.08. The molecule has 1 aliphatic carbocycles. The van der Waals surface area contributed by atoms with E-state index in [1.165, 1.54) is 25.7 Å². The van der Waals surface area contributed by atoms with E-state index in [9.17, 15) is 9.59 Å². The van der Waals surface area contributed by atoms with E-state index in [-0.39, 0.29) is 11.9 Å². The van der Waals surface area contributed by atoms with Crippen LogP contribution in [0, 0.1) is 0 Å². The fourth-order valence-corrected chi connectivity index (χ4v) is 5.16. The van der Waals surface area contributed by atoms with Gasteiger partial charge in [-0.3, -0.25) is 9.69 Å². The van der Waals surface area contributed by atoms with Gasteiger partial charge in [0.25, 0.3) is 0 Å². The number of nitrogens with one attached hydrogen (secondary N) is 2. The molecule has 0 unspecified atom stereocenters. The predicted octanol–water partition coefficient (Wildman–Crippen LogP) is 4.42. The molecule has 6 heteroatoms. The number of carbonyl (C=O) groups is 2. The lowest BCUT2D eigenvalue weighted by Gasteiger charge is -2.29. The molecule has 1 saturated carbocycles. The highest BCUT2D eigenvalue weighted by Gasteiger charge is 2.48. The minimum absolute atomic E-state index is 0.0264. The highest BCUT2D eigenvalue weighted by atomic mass is 16.2. The third-order valence-electron chi connectivity index (χ3n) is 7.00. The zero-order chi connectivity index (χ0) is 23.8. The van der Waals surface area contributed by atoms with Crippen LogP contribution in [-0.2, 0) is 10.2 Å². The molecule has 2 aromatic carbocycles. The molecule has 4 rings (SSSR count). The number of carbonyl (C=O) groups excluding carboxylic acids is 2. The summed E-state index contributed by atoms with van der Waals surface area (Å²) in [7, 11) is 0. The summed E-state index contributed by atoms with van der Waals surface area (Å²) < 4.78 is 0. The second-order valence-electron chi connectivity index (χ2n) is 9.36. The second kappa shape index (κ2) is 11.2. The Labute approximate surface area is 202 Å². The summed E-state index contributed by atoms with van der Waals surface area (Å²) in [4.78, 5) is 27.7. The first kappa shape index (κ1) is 23.9. The molecule has 0 atom stereocenters. The molecule has 0 bridgehead atoms. The lowest BCUT2D eigenvalue weighted by Crippen LogP contribution is -2.43. The van der Waals surface area contributed by atoms with Crippen LogP contribution in [0.25, 0.3) is 0 Å². The first-order valence-electron chi connectivity index (χ1n) is 12.6. The molecule has 1 aliphatic heterocycles. The Morgan fingerprint density at radius 2 is 1.50 bits per heavy atom. The first-order valence-corrected chi connectivity index (χ1v) is 12.6. The number of hydrogen-bond acceptors (Lipinski definition) is 3. The van der Waals surface area contributed by atoms with E-state index in [0.29, 0.717) is 25.0 Å². The Morgan fingerprint density at radius 1 is 0.912 bits per heavy atom. The maximum absolute atomic E-state index is 13.8. The van der Waals surface area contributed by atoms with Gasteiger partial charge >= 0.3 is 6.03 Å². The van der Waals surface area contributed by atoms with E-state index in [1.54, 1.807) is 4.90 Å². The molecule has 0 aromatic heterocycles. The smallest absolute Gasteiger partial charge is 0.315 e. The SMILES string of the molecule is NC1=CC(c2ccccc2)(c2ccccc2)C(=O)N1CCCCNC(=O)NC1CCCCCC1. The van der Waals surface area contributed by atoms with Crippen molar-refractivity contribution in [3.8, 4) is 0 Å². The number of hydrogen-bond donors (Lipinski definition) is 3. The lowest BCUT2D eigenvalue weighted by molar-refractivity contribution is -0.130. The van der Waals surface area contributed by atoms with Crippen molar-refractivity contribution in [2.45, 2.75) is 62.8 Å². The third kappa shape index (κ3) is 5.27. The molecule has 6 nitrogen and oxygen atoms in total. The van der Waals surface area contributed by atoms with Crippen molar-refractivity contribution in [2.75, 3.05) is 13.1 Å². The summed E-state index contributed by atoms with van der Waals surface area (Å²) in [6, 6.07) is 19.8. The summed E-state index contributed by atoms with van der Waals surface area (Å²) in [6.45, 7) is 1.10. The molecule has 0 spiro atoms. The van der Waals surface area contributed by atoms with Gasteiger partial charge < -0.3 is 16.4 Å². The molecule has 3 amide bonds. The molecule has 34 heavy (non-hydrogen) atoms. The molecule has 4 N–H and O–H groups in total. The fourth-order valence-electron chi connectivity index (χ4n) is 5.16. The molecule has 0 saturated heterocycles. The zero-order valence-electron chi connectivity index (χ0n) is 19.8. The maximum Gasteiger partial charge on any atom is 0.315 e. The van der Waals surface area contributed by atoms with Gasteiger partial charge in [-0.1, -0.05) is 86.3 Å². The summed E-state index contributed by atoms with van der Waals surface area (Å²) >= 11 is 0. The molecular weight excluding hydrogens is 424 g/mol. The Kier molecular flexibility index (Phi) is 7.88.